The van der Waals surface area contributed by atoms with Crippen LogP contribution in [0.3, 0.4) is 0 Å². The minimum absolute atomic E-state index is 0.0338. The summed E-state index contributed by atoms with van der Waals surface area (Å²) < 4.78 is 5.40. The van der Waals surface area contributed by atoms with Crippen LogP contribution in [0, 0.1) is 5.41 Å². The summed E-state index contributed by atoms with van der Waals surface area (Å²) in [6.07, 6.45) is 0.518. The summed E-state index contributed by atoms with van der Waals surface area (Å²) in [6, 6.07) is 9.18. The largest absolute Gasteiger partial charge is 0.478 e. The van der Waals surface area contributed by atoms with Gasteiger partial charge in [0.2, 0.25) is 5.88 Å². The van der Waals surface area contributed by atoms with Gasteiger partial charge in [0.05, 0.1) is 29.6 Å². The number of aromatic amines is 2. The molecule has 0 fully saturated rings. The van der Waals surface area contributed by atoms with Crippen LogP contribution in [0.4, 0.5) is 0 Å². The third-order valence-corrected chi connectivity index (χ3v) is 3.84. The van der Waals surface area contributed by atoms with E-state index in [1.54, 1.807) is 6.07 Å². The van der Waals surface area contributed by atoms with Crippen LogP contribution in [-0.2, 0) is 6.42 Å². The lowest BCUT2D eigenvalue weighted by atomic mass is 10.2. The summed E-state index contributed by atoms with van der Waals surface area (Å²) >= 11 is 0. The maximum absolute atomic E-state index is 7.52. The van der Waals surface area contributed by atoms with Crippen molar-refractivity contribution in [1.82, 2.24) is 24.9 Å². The average molecular weight is 335 g/mol. The van der Waals surface area contributed by atoms with Gasteiger partial charge in [0, 0.05) is 11.6 Å². The Hall–Kier alpha value is -3.42. The van der Waals surface area contributed by atoms with Gasteiger partial charge in [-0.1, -0.05) is 0 Å². The van der Waals surface area contributed by atoms with Crippen molar-refractivity contribution in [2.24, 2.45) is 5.73 Å². The quantitative estimate of drug-likeness (QED) is 0.328. The number of imidazole rings is 2. The van der Waals surface area contributed by atoms with Crippen molar-refractivity contribution in [1.29, 1.82) is 5.41 Å². The zero-order valence-corrected chi connectivity index (χ0v) is 13.6. The van der Waals surface area contributed by atoms with E-state index in [9.17, 15) is 0 Å². The maximum Gasteiger partial charge on any atom is 0.215 e. The maximum atomic E-state index is 7.52. The van der Waals surface area contributed by atoms with Gasteiger partial charge >= 0.3 is 0 Å². The Kier molecular flexibility index (Phi) is 3.57. The van der Waals surface area contributed by atoms with E-state index in [-0.39, 0.29) is 5.84 Å². The van der Waals surface area contributed by atoms with Gasteiger partial charge in [-0.25, -0.2) is 9.97 Å². The fourth-order valence-corrected chi connectivity index (χ4v) is 2.71. The number of nitrogens with two attached hydrogens (primary N) is 1. The van der Waals surface area contributed by atoms with Gasteiger partial charge in [0.15, 0.2) is 5.65 Å². The number of hydrogen-bond donors (Lipinski definition) is 4. The summed E-state index contributed by atoms with van der Waals surface area (Å²) in [5.41, 5.74) is 9.34. The predicted molar refractivity (Wildman–Crippen MR) is 95.0 cm³/mol. The number of aromatic nitrogens is 5. The molecule has 5 N–H and O–H groups in total. The zero-order chi connectivity index (χ0) is 17.4. The highest BCUT2D eigenvalue weighted by Crippen LogP contribution is 2.18. The van der Waals surface area contributed by atoms with Crippen LogP contribution in [-0.4, -0.2) is 37.4 Å². The Balaban J connectivity index is 1.63. The van der Waals surface area contributed by atoms with Crippen LogP contribution in [0.5, 0.6) is 5.88 Å². The predicted octanol–water partition coefficient (Wildman–Crippen LogP) is 2.11. The Bertz CT molecular complexity index is 1080. The number of hydrogen-bond acceptors (Lipinski definition) is 5. The van der Waals surface area contributed by atoms with Crippen molar-refractivity contribution >= 4 is 28.0 Å². The molecule has 0 saturated heterocycles. The molecule has 0 atom stereocenters. The Morgan fingerprint density at radius 3 is 2.68 bits per heavy atom. The fraction of sp³-hybridized carbons (Fsp3) is 0.176. The van der Waals surface area contributed by atoms with E-state index in [1.165, 1.54) is 0 Å². The summed E-state index contributed by atoms with van der Waals surface area (Å²) in [7, 11) is 0. The second kappa shape index (κ2) is 5.90. The minimum atomic E-state index is 0.0338. The molecule has 0 aliphatic carbocycles. The fourth-order valence-electron chi connectivity index (χ4n) is 2.71. The van der Waals surface area contributed by atoms with Crippen molar-refractivity contribution in [3.05, 3.63) is 47.5 Å². The zero-order valence-electron chi connectivity index (χ0n) is 13.6. The molecule has 0 aliphatic rings. The van der Waals surface area contributed by atoms with Gasteiger partial charge in [0.1, 0.15) is 17.5 Å². The first-order valence-corrected chi connectivity index (χ1v) is 7.94. The number of rotatable bonds is 5. The highest BCUT2D eigenvalue weighted by Gasteiger charge is 2.10. The highest BCUT2D eigenvalue weighted by atomic mass is 16.5. The average Bonchev–Trinajstić information content (AvgIpc) is 3.16. The molecule has 0 saturated carbocycles. The number of pyridine rings is 1. The Morgan fingerprint density at radius 2 is 1.88 bits per heavy atom. The molecule has 0 bridgehead atoms. The minimum Gasteiger partial charge on any atom is -0.478 e. The van der Waals surface area contributed by atoms with Crippen molar-refractivity contribution in [2.75, 3.05) is 6.61 Å². The van der Waals surface area contributed by atoms with E-state index >= 15 is 0 Å². The van der Waals surface area contributed by atoms with E-state index < -0.39 is 0 Å². The Morgan fingerprint density at radius 1 is 1.08 bits per heavy atom. The normalized spacial score (nSPS) is 11.2. The Labute approximate surface area is 143 Å². The molecular weight excluding hydrogens is 318 g/mol. The molecule has 3 heterocycles. The molecule has 8 heteroatoms. The molecule has 0 unspecified atom stereocenters. The van der Waals surface area contributed by atoms with Gasteiger partial charge < -0.3 is 20.4 Å². The number of benzene rings is 1. The van der Waals surface area contributed by atoms with E-state index in [0.29, 0.717) is 30.1 Å². The highest BCUT2D eigenvalue weighted by molar-refractivity contribution is 5.97. The van der Waals surface area contributed by atoms with Crippen molar-refractivity contribution in [3.8, 4) is 5.88 Å². The lowest BCUT2D eigenvalue weighted by molar-refractivity contribution is 0.328. The molecule has 0 spiro atoms. The summed E-state index contributed by atoms with van der Waals surface area (Å²) in [4.78, 5) is 19.9. The van der Waals surface area contributed by atoms with Gasteiger partial charge in [-0.05, 0) is 31.2 Å². The molecule has 4 aromatic rings. The topological polar surface area (TPSA) is 129 Å². The molecule has 0 radical (unpaired) electrons. The third-order valence-electron chi connectivity index (χ3n) is 3.84. The van der Waals surface area contributed by atoms with Crippen LogP contribution < -0.4 is 10.5 Å². The van der Waals surface area contributed by atoms with Crippen LogP contribution >= 0.6 is 0 Å². The molecular formula is C17H17N7O. The molecule has 4 rings (SSSR count). The lowest BCUT2D eigenvalue weighted by Crippen LogP contribution is -2.10. The molecule has 126 valence electrons. The van der Waals surface area contributed by atoms with Crippen LogP contribution in [0.1, 0.15) is 24.1 Å². The van der Waals surface area contributed by atoms with E-state index in [4.69, 9.17) is 15.9 Å². The summed E-state index contributed by atoms with van der Waals surface area (Å²) in [5, 5.41) is 7.52. The molecule has 1 aromatic carbocycles. The number of amidine groups is 1. The van der Waals surface area contributed by atoms with E-state index in [0.717, 1.165) is 28.2 Å². The smallest absolute Gasteiger partial charge is 0.215 e. The second-order valence-corrected chi connectivity index (χ2v) is 5.64. The van der Waals surface area contributed by atoms with Crippen molar-refractivity contribution < 1.29 is 4.74 Å². The van der Waals surface area contributed by atoms with Crippen molar-refractivity contribution in [3.63, 3.8) is 0 Å². The van der Waals surface area contributed by atoms with E-state index in [2.05, 4.69) is 24.9 Å². The first kappa shape index (κ1) is 15.1. The number of fused-ring (bicyclic) bond motifs is 2. The number of H-pyrrole nitrogens is 2. The molecule has 8 nitrogen and oxygen atoms in total. The summed E-state index contributed by atoms with van der Waals surface area (Å²) in [6.45, 7) is 2.48. The molecule has 0 aliphatic heterocycles. The monoisotopic (exact) mass is 335 g/mol. The number of nitrogen functional groups attached to an aromatic ring is 1. The van der Waals surface area contributed by atoms with Crippen molar-refractivity contribution in [2.45, 2.75) is 13.3 Å². The van der Waals surface area contributed by atoms with Crippen LogP contribution in [0.25, 0.3) is 22.2 Å². The standard InChI is InChI=1S/C17H17N7O/c1-2-25-15-6-5-11-17(24-15)23-14(21-11)8-13-20-10-4-3-9(16(18)19)7-12(10)22-13/h3-7H,2,8H2,1H3,(H3,18,19)(H,20,22)(H,21,23,24). The van der Waals surface area contributed by atoms with Crippen LogP contribution in [0.2, 0.25) is 0 Å². The van der Waals surface area contributed by atoms with Gasteiger partial charge in [-0.2, -0.15) is 4.98 Å². The number of nitrogens with one attached hydrogen (secondary N) is 3. The van der Waals surface area contributed by atoms with Gasteiger partial charge in [-0.15, -0.1) is 0 Å². The lowest BCUT2D eigenvalue weighted by Gasteiger charge is -1.99. The number of ether oxygens (including phenoxy) is 1. The van der Waals surface area contributed by atoms with Gasteiger partial charge in [-0.3, -0.25) is 5.41 Å². The van der Waals surface area contributed by atoms with E-state index in [1.807, 2.05) is 31.2 Å². The first-order valence-electron chi connectivity index (χ1n) is 7.94. The number of nitrogens with zero attached hydrogens (tertiary/aromatic N) is 3. The second-order valence-electron chi connectivity index (χ2n) is 5.64. The molecule has 25 heavy (non-hydrogen) atoms. The van der Waals surface area contributed by atoms with Gasteiger partial charge in [0.25, 0.3) is 0 Å². The third kappa shape index (κ3) is 2.89. The molecule has 0 amide bonds. The molecule has 3 aromatic heterocycles. The summed E-state index contributed by atoms with van der Waals surface area (Å²) in [5.74, 6) is 2.14. The first-order chi connectivity index (χ1) is 12.1. The van der Waals surface area contributed by atoms with Crippen LogP contribution in [0.15, 0.2) is 30.3 Å². The SMILES string of the molecule is CCOc1ccc2[nH]c(Cc3nc4ccc(C(=N)N)cc4[nH]3)nc2n1.